The Bertz CT molecular complexity index is 927. The van der Waals surface area contributed by atoms with Gasteiger partial charge in [0, 0.05) is 18.4 Å². The predicted molar refractivity (Wildman–Crippen MR) is 113 cm³/mol. The summed E-state index contributed by atoms with van der Waals surface area (Å²) in [6.45, 7) is 8.02. The van der Waals surface area contributed by atoms with Crippen LogP contribution in [-0.4, -0.2) is 24.3 Å². The Hall–Kier alpha value is -2.67. The van der Waals surface area contributed by atoms with Gasteiger partial charge in [0.2, 0.25) is 11.8 Å². The molecule has 1 aliphatic heterocycles. The Labute approximate surface area is 168 Å². The van der Waals surface area contributed by atoms with Gasteiger partial charge >= 0.3 is 0 Å². The van der Waals surface area contributed by atoms with Crippen LogP contribution in [0.2, 0.25) is 0 Å². The minimum atomic E-state index is -0.512. The summed E-state index contributed by atoms with van der Waals surface area (Å²) in [5.74, 6) is -0.280. The number of benzene rings is 1. The first-order valence-corrected chi connectivity index (χ1v) is 10.1. The van der Waals surface area contributed by atoms with Crippen molar-refractivity contribution in [3.05, 3.63) is 40.8 Å². The van der Waals surface area contributed by atoms with Crippen LogP contribution in [0.15, 0.2) is 30.3 Å². The maximum absolute atomic E-state index is 12.9. The van der Waals surface area contributed by atoms with E-state index in [0.717, 1.165) is 12.0 Å². The molecule has 6 nitrogen and oxygen atoms in total. The molecule has 2 heterocycles. The van der Waals surface area contributed by atoms with Gasteiger partial charge in [0.05, 0.1) is 21.3 Å². The molecule has 1 saturated heterocycles. The molecule has 148 valence electrons. The third-order valence-electron chi connectivity index (χ3n) is 4.56. The van der Waals surface area contributed by atoms with Gasteiger partial charge in [-0.2, -0.15) is 0 Å². The summed E-state index contributed by atoms with van der Waals surface area (Å²) in [5.41, 5.74) is 1.60. The number of hydrogen-bond acceptors (Lipinski definition) is 4. The molecule has 0 atom stereocenters. The largest absolute Gasteiger partial charge is 0.319 e. The van der Waals surface area contributed by atoms with Crippen LogP contribution in [0.3, 0.4) is 0 Å². The molecule has 2 N–H and O–H groups in total. The van der Waals surface area contributed by atoms with E-state index in [-0.39, 0.29) is 17.7 Å². The third-order valence-corrected chi connectivity index (χ3v) is 5.71. The fraction of sp³-hybridized carbons (Fsp3) is 0.381. The molecule has 1 fully saturated rings. The Kier molecular flexibility index (Phi) is 5.56. The van der Waals surface area contributed by atoms with Crippen LogP contribution in [0.4, 0.5) is 16.4 Å². The summed E-state index contributed by atoms with van der Waals surface area (Å²) < 4.78 is 0. The topological polar surface area (TPSA) is 78.5 Å². The molecule has 0 bridgehead atoms. The monoisotopic (exact) mass is 399 g/mol. The number of rotatable bonds is 4. The van der Waals surface area contributed by atoms with E-state index in [9.17, 15) is 14.4 Å². The van der Waals surface area contributed by atoms with Gasteiger partial charge in [-0.15, -0.1) is 11.3 Å². The number of carbonyl (C=O) groups is 3. The number of carbonyl (C=O) groups excluding carboxylic acids is 3. The van der Waals surface area contributed by atoms with Crippen molar-refractivity contribution in [2.24, 2.45) is 5.41 Å². The van der Waals surface area contributed by atoms with E-state index in [1.54, 1.807) is 17.0 Å². The molecule has 0 unspecified atom stereocenters. The Morgan fingerprint density at radius 3 is 2.50 bits per heavy atom. The van der Waals surface area contributed by atoms with Crippen LogP contribution in [0.1, 0.15) is 48.8 Å². The lowest BCUT2D eigenvalue weighted by Crippen LogP contribution is -2.27. The molecule has 2 aromatic rings. The van der Waals surface area contributed by atoms with Gasteiger partial charge in [-0.25, -0.2) is 0 Å². The van der Waals surface area contributed by atoms with Crippen LogP contribution in [0, 0.1) is 12.3 Å². The molecule has 28 heavy (non-hydrogen) atoms. The van der Waals surface area contributed by atoms with Crippen molar-refractivity contribution < 1.29 is 14.4 Å². The number of thiophene rings is 1. The lowest BCUT2D eigenvalue weighted by Gasteiger charge is -2.19. The summed E-state index contributed by atoms with van der Waals surface area (Å²) in [5, 5.41) is 6.44. The molecule has 3 rings (SSSR count). The van der Waals surface area contributed by atoms with E-state index in [1.165, 1.54) is 11.3 Å². The summed E-state index contributed by atoms with van der Waals surface area (Å²) >= 11 is 1.25. The lowest BCUT2D eigenvalue weighted by atomic mass is 9.96. The van der Waals surface area contributed by atoms with Gasteiger partial charge in [-0.05, 0) is 37.1 Å². The highest BCUT2D eigenvalue weighted by molar-refractivity contribution is 7.18. The van der Waals surface area contributed by atoms with Crippen LogP contribution in [-0.2, 0) is 9.59 Å². The van der Waals surface area contributed by atoms with Gasteiger partial charge in [-0.3, -0.25) is 14.4 Å². The van der Waals surface area contributed by atoms with E-state index in [1.807, 2.05) is 45.9 Å². The van der Waals surface area contributed by atoms with Crippen molar-refractivity contribution in [2.45, 2.75) is 40.5 Å². The van der Waals surface area contributed by atoms with Crippen molar-refractivity contribution in [1.29, 1.82) is 0 Å². The van der Waals surface area contributed by atoms with Crippen LogP contribution < -0.4 is 15.5 Å². The first-order valence-electron chi connectivity index (χ1n) is 9.29. The number of nitrogens with one attached hydrogen (secondary N) is 2. The van der Waals surface area contributed by atoms with E-state index >= 15 is 0 Å². The predicted octanol–water partition coefficient (Wildman–Crippen LogP) is 4.42. The summed E-state index contributed by atoms with van der Waals surface area (Å²) in [7, 11) is 0. The second kappa shape index (κ2) is 7.75. The second-order valence-electron chi connectivity index (χ2n) is 7.95. The molecule has 1 aromatic carbocycles. The molecular weight excluding hydrogens is 374 g/mol. The molecule has 0 spiro atoms. The average molecular weight is 400 g/mol. The zero-order valence-corrected chi connectivity index (χ0v) is 17.4. The zero-order valence-electron chi connectivity index (χ0n) is 16.6. The molecule has 0 radical (unpaired) electrons. The summed E-state index contributed by atoms with van der Waals surface area (Å²) in [6, 6.07) is 9.13. The van der Waals surface area contributed by atoms with E-state index in [0.29, 0.717) is 34.2 Å². The fourth-order valence-electron chi connectivity index (χ4n) is 2.97. The average Bonchev–Trinajstić information content (AvgIpc) is 3.20. The molecule has 7 heteroatoms. The minimum absolute atomic E-state index is 0.0705. The second-order valence-corrected chi connectivity index (χ2v) is 9.00. The minimum Gasteiger partial charge on any atom is -0.319 e. The first kappa shape index (κ1) is 20.1. The van der Waals surface area contributed by atoms with Crippen molar-refractivity contribution in [3.8, 4) is 0 Å². The fourth-order valence-corrected chi connectivity index (χ4v) is 3.93. The third kappa shape index (κ3) is 4.25. The maximum Gasteiger partial charge on any atom is 0.266 e. The number of nitrogens with zero attached hydrogens (tertiary/aromatic N) is 1. The molecule has 0 aliphatic carbocycles. The SMILES string of the molecule is Cc1cc(NC(=O)C(C)(C)C)sc1C(=O)Nc1ccccc1N1CCCC1=O. The number of hydrogen-bond donors (Lipinski definition) is 2. The zero-order chi connectivity index (χ0) is 20.5. The maximum atomic E-state index is 12.9. The quantitative estimate of drug-likeness (QED) is 0.799. The van der Waals surface area contributed by atoms with Crippen LogP contribution in [0.25, 0.3) is 0 Å². The molecule has 1 aliphatic rings. The molecule has 0 saturated carbocycles. The van der Waals surface area contributed by atoms with Gasteiger partial charge in [-0.1, -0.05) is 32.9 Å². The van der Waals surface area contributed by atoms with Crippen molar-refractivity contribution in [2.75, 3.05) is 22.1 Å². The van der Waals surface area contributed by atoms with E-state index < -0.39 is 5.41 Å². The van der Waals surface area contributed by atoms with E-state index in [2.05, 4.69) is 10.6 Å². The first-order chi connectivity index (χ1) is 13.2. The highest BCUT2D eigenvalue weighted by Gasteiger charge is 2.26. The number of anilines is 3. The lowest BCUT2D eigenvalue weighted by molar-refractivity contribution is -0.123. The Morgan fingerprint density at radius 1 is 1.14 bits per heavy atom. The van der Waals surface area contributed by atoms with Gasteiger partial charge in [0.1, 0.15) is 0 Å². The molecule has 3 amide bonds. The molecular formula is C21H25N3O3S. The summed E-state index contributed by atoms with van der Waals surface area (Å²) in [6.07, 6.45) is 1.35. The smallest absolute Gasteiger partial charge is 0.266 e. The number of para-hydroxylation sites is 2. The Balaban J connectivity index is 1.79. The number of aryl methyl sites for hydroxylation is 1. The van der Waals surface area contributed by atoms with Gasteiger partial charge in [0.15, 0.2) is 0 Å². The standard InChI is InChI=1S/C21H25N3O3S/c1-13-12-16(23-20(27)21(2,3)4)28-18(13)19(26)22-14-8-5-6-9-15(14)24-11-7-10-17(24)25/h5-6,8-9,12H,7,10-11H2,1-4H3,(H,22,26)(H,23,27). The highest BCUT2D eigenvalue weighted by Crippen LogP contribution is 2.32. The van der Waals surface area contributed by atoms with E-state index in [4.69, 9.17) is 0 Å². The highest BCUT2D eigenvalue weighted by atomic mass is 32.1. The summed E-state index contributed by atoms with van der Waals surface area (Å²) in [4.78, 5) is 39.4. The van der Waals surface area contributed by atoms with Gasteiger partial charge in [0.25, 0.3) is 5.91 Å². The molecule has 1 aromatic heterocycles. The van der Waals surface area contributed by atoms with Crippen molar-refractivity contribution in [1.82, 2.24) is 0 Å². The van der Waals surface area contributed by atoms with Crippen molar-refractivity contribution in [3.63, 3.8) is 0 Å². The van der Waals surface area contributed by atoms with Crippen LogP contribution >= 0.6 is 11.3 Å². The van der Waals surface area contributed by atoms with Gasteiger partial charge < -0.3 is 15.5 Å². The Morgan fingerprint density at radius 2 is 1.86 bits per heavy atom. The van der Waals surface area contributed by atoms with Crippen molar-refractivity contribution >= 4 is 45.4 Å². The van der Waals surface area contributed by atoms with Crippen LogP contribution in [0.5, 0.6) is 0 Å². The normalized spacial score (nSPS) is 14.3. The number of amides is 3.